The summed E-state index contributed by atoms with van der Waals surface area (Å²) in [7, 11) is -2.71. The van der Waals surface area contributed by atoms with E-state index < -0.39 is 21.8 Å². The van der Waals surface area contributed by atoms with E-state index in [0.717, 1.165) is 5.39 Å². The molecular weight excluding hydrogens is 284 g/mol. The number of esters is 1. The van der Waals surface area contributed by atoms with Crippen molar-refractivity contribution in [3.8, 4) is 0 Å². The van der Waals surface area contributed by atoms with Gasteiger partial charge in [0.15, 0.2) is 12.7 Å². The van der Waals surface area contributed by atoms with Crippen LogP contribution in [0.15, 0.2) is 30.5 Å². The van der Waals surface area contributed by atoms with Crippen LogP contribution >= 0.6 is 0 Å². The highest BCUT2D eigenvalue weighted by Crippen LogP contribution is 2.12. The predicted molar refractivity (Wildman–Crippen MR) is 69.7 cm³/mol. The second kappa shape index (κ2) is 5.51. The molecule has 106 valence electrons. The van der Waals surface area contributed by atoms with E-state index in [4.69, 9.17) is 4.55 Å². The molecule has 0 fully saturated rings. The lowest BCUT2D eigenvalue weighted by atomic mass is 10.1. The lowest BCUT2D eigenvalue weighted by Gasteiger charge is -2.00. The number of carbonyl (C=O) groups is 1. The van der Waals surface area contributed by atoms with Gasteiger partial charge in [-0.3, -0.25) is 4.55 Å². The number of ether oxygens (including phenoxy) is 1. The van der Waals surface area contributed by atoms with Crippen LogP contribution in [-0.4, -0.2) is 36.9 Å². The topological polar surface area (TPSA) is 97.4 Å². The molecule has 1 N–H and O–H groups in total. The van der Waals surface area contributed by atoms with Gasteiger partial charge in [0.05, 0.1) is 12.7 Å². The number of rotatable bonds is 4. The van der Waals surface area contributed by atoms with Crippen LogP contribution in [0.3, 0.4) is 0 Å². The van der Waals surface area contributed by atoms with E-state index in [2.05, 4.69) is 9.84 Å². The fourth-order valence-electron chi connectivity index (χ4n) is 1.70. The Labute approximate surface area is 115 Å². The average Bonchev–Trinajstić information content (AvgIpc) is 2.42. The van der Waals surface area contributed by atoms with Gasteiger partial charge in [-0.1, -0.05) is 4.68 Å². The van der Waals surface area contributed by atoms with Crippen LogP contribution in [0.2, 0.25) is 0 Å². The molecule has 8 heteroatoms. The largest absolute Gasteiger partial charge is 0.465 e. The number of carbonyl (C=O) groups excluding carboxylic acids is 1. The van der Waals surface area contributed by atoms with Crippen molar-refractivity contribution in [2.75, 3.05) is 12.9 Å². The first-order valence-electron chi connectivity index (χ1n) is 5.73. The van der Waals surface area contributed by atoms with Gasteiger partial charge in [0, 0.05) is 16.6 Å². The minimum absolute atomic E-state index is 0.0491. The molecule has 0 amide bonds. The molecule has 0 aliphatic heterocycles. The molecule has 0 saturated carbocycles. The van der Waals surface area contributed by atoms with E-state index in [9.17, 15) is 13.2 Å². The van der Waals surface area contributed by atoms with Crippen molar-refractivity contribution in [1.29, 1.82) is 0 Å². The Balaban J connectivity index is 2.29. The number of hydrogen-bond donors (Lipinski definition) is 1. The molecule has 2 aromatic rings. The standard InChI is InChI=1S/C12H12N2O5S/c1-19-12(15)10-2-3-11-9(8-10)4-5-14(13-11)6-7-20(16,17)18/h2-5,8H,6-7H2,1H3/p+1. The van der Waals surface area contributed by atoms with E-state index in [-0.39, 0.29) is 6.54 Å². The molecule has 1 heterocycles. The lowest BCUT2D eigenvalue weighted by Crippen LogP contribution is -2.40. The van der Waals surface area contributed by atoms with Crippen LogP contribution in [0.1, 0.15) is 10.4 Å². The van der Waals surface area contributed by atoms with E-state index >= 15 is 0 Å². The van der Waals surface area contributed by atoms with Crippen molar-refractivity contribution in [3.05, 3.63) is 36.0 Å². The smallest absolute Gasteiger partial charge is 0.337 e. The van der Waals surface area contributed by atoms with Gasteiger partial charge in [-0.2, -0.15) is 8.42 Å². The molecule has 0 atom stereocenters. The average molecular weight is 297 g/mol. The zero-order chi connectivity index (χ0) is 14.8. The van der Waals surface area contributed by atoms with Gasteiger partial charge >= 0.3 is 5.97 Å². The van der Waals surface area contributed by atoms with Crippen molar-refractivity contribution in [1.82, 2.24) is 5.10 Å². The van der Waals surface area contributed by atoms with Crippen molar-refractivity contribution in [2.24, 2.45) is 0 Å². The minimum Gasteiger partial charge on any atom is -0.465 e. The van der Waals surface area contributed by atoms with Gasteiger partial charge in [0.2, 0.25) is 0 Å². The van der Waals surface area contributed by atoms with Crippen molar-refractivity contribution < 1.29 is 27.2 Å². The molecule has 0 unspecified atom stereocenters. The molecule has 0 saturated heterocycles. The highest BCUT2D eigenvalue weighted by atomic mass is 32.2. The monoisotopic (exact) mass is 297 g/mol. The first-order chi connectivity index (χ1) is 9.39. The number of aryl methyl sites for hydroxylation is 1. The van der Waals surface area contributed by atoms with E-state index in [0.29, 0.717) is 11.1 Å². The Morgan fingerprint density at radius 2 is 2.15 bits per heavy atom. The summed E-state index contributed by atoms with van der Waals surface area (Å²) in [5.74, 6) is -0.842. The summed E-state index contributed by atoms with van der Waals surface area (Å²) in [4.78, 5) is 11.4. The summed E-state index contributed by atoms with van der Waals surface area (Å²) >= 11 is 0. The Bertz CT molecular complexity index is 758. The molecule has 1 aromatic heterocycles. The summed E-state index contributed by atoms with van der Waals surface area (Å²) in [5, 5.41) is 4.93. The van der Waals surface area contributed by atoms with Gasteiger partial charge in [-0.25, -0.2) is 4.79 Å². The summed E-state index contributed by atoms with van der Waals surface area (Å²) in [5.41, 5.74) is 1.02. The number of aromatic nitrogens is 2. The van der Waals surface area contributed by atoms with Crippen LogP contribution in [0.5, 0.6) is 0 Å². The normalized spacial score (nSPS) is 11.5. The zero-order valence-electron chi connectivity index (χ0n) is 10.7. The van der Waals surface area contributed by atoms with Gasteiger partial charge < -0.3 is 4.74 Å². The van der Waals surface area contributed by atoms with Gasteiger partial charge in [-0.05, 0) is 18.2 Å². The van der Waals surface area contributed by atoms with Crippen molar-refractivity contribution in [3.63, 3.8) is 0 Å². The first-order valence-corrected chi connectivity index (χ1v) is 7.34. The van der Waals surface area contributed by atoms with E-state index in [1.54, 1.807) is 30.5 Å². The fraction of sp³-hybridized carbons (Fsp3) is 0.250. The maximum atomic E-state index is 11.4. The van der Waals surface area contributed by atoms with Gasteiger partial charge in [0.1, 0.15) is 11.3 Å². The summed E-state index contributed by atoms with van der Waals surface area (Å²) < 4.78 is 36.1. The molecule has 0 bridgehead atoms. The van der Waals surface area contributed by atoms with E-state index in [1.807, 2.05) is 0 Å². The van der Waals surface area contributed by atoms with Crippen LogP contribution in [0.25, 0.3) is 10.9 Å². The maximum Gasteiger partial charge on any atom is 0.337 e. The summed E-state index contributed by atoms with van der Waals surface area (Å²) in [6.07, 6.45) is 1.58. The highest BCUT2D eigenvalue weighted by molar-refractivity contribution is 7.85. The van der Waals surface area contributed by atoms with E-state index in [1.165, 1.54) is 11.8 Å². The number of hydrogen-bond acceptors (Lipinski definition) is 5. The molecule has 20 heavy (non-hydrogen) atoms. The molecular formula is C12H13N2O5S+. The number of fused-ring (bicyclic) bond motifs is 1. The Kier molecular flexibility index (Phi) is 3.96. The van der Waals surface area contributed by atoms with Gasteiger partial charge in [-0.15, -0.1) is 0 Å². The molecule has 0 radical (unpaired) electrons. The lowest BCUT2D eigenvalue weighted by molar-refractivity contribution is -0.747. The molecule has 1 aromatic carbocycles. The molecule has 7 nitrogen and oxygen atoms in total. The van der Waals surface area contributed by atoms with Crippen LogP contribution in [-0.2, 0) is 21.4 Å². The summed E-state index contributed by atoms with van der Waals surface area (Å²) in [6.45, 7) is 0.0491. The number of methoxy groups -OCH3 is 1. The maximum absolute atomic E-state index is 11.4. The van der Waals surface area contributed by atoms with Gasteiger partial charge in [0.25, 0.3) is 10.1 Å². The highest BCUT2D eigenvalue weighted by Gasteiger charge is 2.13. The molecule has 2 rings (SSSR count). The number of benzene rings is 1. The summed E-state index contributed by atoms with van der Waals surface area (Å²) in [6, 6.07) is 6.57. The minimum atomic E-state index is -4.02. The molecule has 0 aliphatic rings. The zero-order valence-corrected chi connectivity index (χ0v) is 11.5. The van der Waals surface area contributed by atoms with Crippen molar-refractivity contribution in [2.45, 2.75) is 6.54 Å². The Morgan fingerprint density at radius 1 is 1.40 bits per heavy atom. The van der Waals surface area contributed by atoms with Crippen molar-refractivity contribution >= 4 is 27.0 Å². The SMILES string of the molecule is COC(=O)c1ccc2n[n+](CCS(=O)(=O)O)ccc2c1. The molecule has 0 aliphatic carbocycles. The third-order valence-electron chi connectivity index (χ3n) is 2.69. The third kappa shape index (κ3) is 3.49. The van der Waals surface area contributed by atoms with Crippen LogP contribution in [0.4, 0.5) is 0 Å². The quantitative estimate of drug-likeness (QED) is 0.492. The Morgan fingerprint density at radius 3 is 2.80 bits per heavy atom. The van der Waals surface area contributed by atoms with Crippen LogP contribution < -0.4 is 4.68 Å². The second-order valence-electron chi connectivity index (χ2n) is 4.13. The fourth-order valence-corrected chi connectivity index (χ4v) is 2.11. The Hall–Kier alpha value is -2.06. The second-order valence-corrected chi connectivity index (χ2v) is 5.70. The van der Waals surface area contributed by atoms with Crippen LogP contribution in [0, 0.1) is 0 Å². The molecule has 0 spiro atoms. The first kappa shape index (κ1) is 14.4. The predicted octanol–water partition coefficient (Wildman–Crippen LogP) is 0.197. The third-order valence-corrected chi connectivity index (χ3v) is 3.39. The number of nitrogens with zero attached hydrogens (tertiary/aromatic N) is 2.